The second-order valence-corrected chi connectivity index (χ2v) is 6.47. The molecule has 0 saturated carbocycles. The first kappa shape index (κ1) is 17.0. The third kappa shape index (κ3) is 4.83. The molecule has 0 amide bonds. The Morgan fingerprint density at radius 1 is 1.32 bits per heavy atom. The summed E-state index contributed by atoms with van der Waals surface area (Å²) in [6.45, 7) is 9.23. The SMILES string of the molecule is CC1CC(C)CN(CC(C)Nc2nccc(C(F)(F)F)n2)C1. The minimum Gasteiger partial charge on any atom is -0.350 e. The predicted octanol–water partition coefficient (Wildman–Crippen LogP) is 3.27. The summed E-state index contributed by atoms with van der Waals surface area (Å²) in [6, 6.07) is 0.866. The van der Waals surface area contributed by atoms with Gasteiger partial charge in [0.15, 0.2) is 0 Å². The highest BCUT2D eigenvalue weighted by molar-refractivity contribution is 5.27. The van der Waals surface area contributed by atoms with E-state index in [9.17, 15) is 13.2 Å². The maximum Gasteiger partial charge on any atom is 0.433 e. The fraction of sp³-hybridized carbons (Fsp3) is 0.733. The Morgan fingerprint density at radius 3 is 2.55 bits per heavy atom. The number of alkyl halides is 3. The summed E-state index contributed by atoms with van der Waals surface area (Å²) in [6.07, 6.45) is -2.08. The number of nitrogens with one attached hydrogen (secondary N) is 1. The van der Waals surface area contributed by atoms with Gasteiger partial charge in [-0.25, -0.2) is 9.97 Å². The molecule has 0 bridgehead atoms. The third-order valence-electron chi connectivity index (χ3n) is 3.80. The molecule has 4 nitrogen and oxygen atoms in total. The van der Waals surface area contributed by atoms with Crippen molar-refractivity contribution in [3.05, 3.63) is 18.0 Å². The molecule has 124 valence electrons. The summed E-state index contributed by atoms with van der Waals surface area (Å²) >= 11 is 0. The lowest BCUT2D eigenvalue weighted by molar-refractivity contribution is -0.141. The van der Waals surface area contributed by atoms with E-state index in [0.717, 1.165) is 31.9 Å². The van der Waals surface area contributed by atoms with Gasteiger partial charge in [-0.3, -0.25) is 0 Å². The van der Waals surface area contributed by atoms with E-state index in [-0.39, 0.29) is 12.0 Å². The molecule has 2 heterocycles. The van der Waals surface area contributed by atoms with Gasteiger partial charge in [-0.1, -0.05) is 13.8 Å². The van der Waals surface area contributed by atoms with Gasteiger partial charge in [-0.2, -0.15) is 13.2 Å². The topological polar surface area (TPSA) is 41.0 Å². The predicted molar refractivity (Wildman–Crippen MR) is 79.5 cm³/mol. The second-order valence-electron chi connectivity index (χ2n) is 6.47. The van der Waals surface area contributed by atoms with Gasteiger partial charge in [-0.05, 0) is 31.2 Å². The Hall–Kier alpha value is -1.37. The van der Waals surface area contributed by atoms with Crippen molar-refractivity contribution >= 4 is 5.95 Å². The number of nitrogens with zero attached hydrogens (tertiary/aromatic N) is 3. The zero-order valence-corrected chi connectivity index (χ0v) is 13.2. The van der Waals surface area contributed by atoms with Crippen molar-refractivity contribution in [2.24, 2.45) is 11.8 Å². The van der Waals surface area contributed by atoms with Crippen molar-refractivity contribution in [1.29, 1.82) is 0 Å². The average Bonchev–Trinajstić information content (AvgIpc) is 2.36. The highest BCUT2D eigenvalue weighted by atomic mass is 19.4. The first-order chi connectivity index (χ1) is 10.2. The van der Waals surface area contributed by atoms with Gasteiger partial charge in [0.05, 0.1) is 0 Å². The molecule has 1 N–H and O–H groups in total. The molecule has 1 aromatic rings. The van der Waals surface area contributed by atoms with Crippen LogP contribution >= 0.6 is 0 Å². The molecule has 3 atom stereocenters. The van der Waals surface area contributed by atoms with Gasteiger partial charge >= 0.3 is 6.18 Å². The summed E-state index contributed by atoms with van der Waals surface area (Å²) in [5.74, 6) is 1.34. The number of aromatic nitrogens is 2. The van der Waals surface area contributed by atoms with Gasteiger partial charge in [0.25, 0.3) is 0 Å². The van der Waals surface area contributed by atoms with Crippen LogP contribution in [0.25, 0.3) is 0 Å². The van der Waals surface area contributed by atoms with Crippen LogP contribution in [-0.2, 0) is 6.18 Å². The van der Waals surface area contributed by atoms with E-state index >= 15 is 0 Å². The first-order valence-electron chi connectivity index (χ1n) is 7.63. The van der Waals surface area contributed by atoms with Gasteiger partial charge in [0, 0.05) is 31.9 Å². The van der Waals surface area contributed by atoms with E-state index in [1.54, 1.807) is 0 Å². The highest BCUT2D eigenvalue weighted by Gasteiger charge is 2.33. The Labute approximate surface area is 129 Å². The first-order valence-corrected chi connectivity index (χ1v) is 7.63. The Bertz CT molecular complexity index is 482. The zero-order chi connectivity index (χ0) is 16.3. The fourth-order valence-electron chi connectivity index (χ4n) is 3.18. The molecule has 2 rings (SSSR count). The lowest BCUT2D eigenvalue weighted by Crippen LogP contribution is -2.43. The second kappa shape index (κ2) is 6.81. The Kier molecular flexibility index (Phi) is 5.26. The Balaban J connectivity index is 1.93. The monoisotopic (exact) mass is 316 g/mol. The molecule has 1 aliphatic rings. The molecule has 1 aromatic heterocycles. The third-order valence-corrected chi connectivity index (χ3v) is 3.80. The summed E-state index contributed by atoms with van der Waals surface area (Å²) in [5.41, 5.74) is -0.919. The summed E-state index contributed by atoms with van der Waals surface area (Å²) in [4.78, 5) is 9.77. The van der Waals surface area contributed by atoms with E-state index in [1.807, 2.05) is 6.92 Å². The van der Waals surface area contributed by atoms with Gasteiger partial charge < -0.3 is 10.2 Å². The van der Waals surface area contributed by atoms with Crippen molar-refractivity contribution < 1.29 is 13.2 Å². The van der Waals surface area contributed by atoms with Crippen molar-refractivity contribution in [2.75, 3.05) is 25.0 Å². The van der Waals surface area contributed by atoms with Crippen LogP contribution in [0.5, 0.6) is 0 Å². The average molecular weight is 316 g/mol. The minimum absolute atomic E-state index is 0.0130. The smallest absolute Gasteiger partial charge is 0.350 e. The zero-order valence-electron chi connectivity index (χ0n) is 13.2. The van der Waals surface area contributed by atoms with E-state index in [1.165, 1.54) is 6.42 Å². The summed E-state index contributed by atoms with van der Waals surface area (Å²) in [7, 11) is 0. The van der Waals surface area contributed by atoms with Gasteiger partial charge in [0.2, 0.25) is 5.95 Å². The highest BCUT2D eigenvalue weighted by Crippen LogP contribution is 2.27. The Morgan fingerprint density at radius 2 is 1.95 bits per heavy atom. The van der Waals surface area contributed by atoms with Crippen LogP contribution in [0.4, 0.5) is 19.1 Å². The lowest BCUT2D eigenvalue weighted by atomic mass is 9.92. The molecule has 22 heavy (non-hydrogen) atoms. The quantitative estimate of drug-likeness (QED) is 0.925. The van der Waals surface area contributed by atoms with Crippen molar-refractivity contribution in [1.82, 2.24) is 14.9 Å². The molecule has 0 radical (unpaired) electrons. The summed E-state index contributed by atoms with van der Waals surface area (Å²) in [5, 5.41) is 2.97. The maximum absolute atomic E-state index is 12.6. The normalized spacial score (nSPS) is 25.0. The van der Waals surface area contributed by atoms with Crippen LogP contribution in [0.15, 0.2) is 12.3 Å². The van der Waals surface area contributed by atoms with Crippen LogP contribution in [0.1, 0.15) is 32.9 Å². The number of rotatable bonds is 4. The van der Waals surface area contributed by atoms with Crippen LogP contribution in [0.3, 0.4) is 0 Å². The number of hydrogen-bond acceptors (Lipinski definition) is 4. The lowest BCUT2D eigenvalue weighted by Gasteiger charge is -2.36. The number of anilines is 1. The van der Waals surface area contributed by atoms with Crippen LogP contribution in [-0.4, -0.2) is 40.5 Å². The molecule has 1 aliphatic heterocycles. The van der Waals surface area contributed by atoms with Crippen molar-refractivity contribution in [3.8, 4) is 0 Å². The van der Waals surface area contributed by atoms with Crippen molar-refractivity contribution in [2.45, 2.75) is 39.4 Å². The standard InChI is InChI=1S/C15H23F3N4/c1-10-6-11(2)8-22(7-10)9-12(3)20-14-19-5-4-13(21-14)15(16,17)18/h4-5,10-12H,6-9H2,1-3H3,(H,19,20,21). The summed E-state index contributed by atoms with van der Waals surface area (Å²) < 4.78 is 37.9. The molecule has 7 heteroatoms. The maximum atomic E-state index is 12.6. The van der Waals surface area contributed by atoms with Gasteiger partial charge in [-0.15, -0.1) is 0 Å². The molecule has 3 unspecified atom stereocenters. The molecular formula is C15H23F3N4. The van der Waals surface area contributed by atoms with Crippen molar-refractivity contribution in [3.63, 3.8) is 0 Å². The molecule has 0 aromatic carbocycles. The number of halogens is 3. The molecule has 1 fully saturated rings. The van der Waals surface area contributed by atoms with E-state index in [2.05, 4.69) is 34.0 Å². The number of likely N-dealkylation sites (tertiary alicyclic amines) is 1. The van der Waals surface area contributed by atoms with Crippen LogP contribution in [0.2, 0.25) is 0 Å². The van der Waals surface area contributed by atoms with E-state index < -0.39 is 11.9 Å². The molecule has 0 spiro atoms. The van der Waals surface area contributed by atoms with Gasteiger partial charge in [0.1, 0.15) is 5.69 Å². The fourth-order valence-corrected chi connectivity index (χ4v) is 3.18. The van der Waals surface area contributed by atoms with Crippen LogP contribution in [0, 0.1) is 11.8 Å². The molecule has 1 saturated heterocycles. The van der Waals surface area contributed by atoms with Crippen LogP contribution < -0.4 is 5.32 Å². The van der Waals surface area contributed by atoms with E-state index in [0.29, 0.717) is 11.8 Å². The molecular weight excluding hydrogens is 293 g/mol. The number of hydrogen-bond donors (Lipinski definition) is 1. The molecule has 0 aliphatic carbocycles. The minimum atomic E-state index is -4.44. The van der Waals surface area contributed by atoms with E-state index in [4.69, 9.17) is 0 Å². The number of piperidine rings is 1. The largest absolute Gasteiger partial charge is 0.433 e.